The van der Waals surface area contributed by atoms with Gasteiger partial charge in [0.15, 0.2) is 5.69 Å². The number of benzene rings is 1. The lowest BCUT2D eigenvalue weighted by molar-refractivity contribution is 0.0970. The van der Waals surface area contributed by atoms with Gasteiger partial charge in [-0.3, -0.25) is 9.69 Å². The maximum atomic E-state index is 13.4. The molecule has 2 aromatic heterocycles. The van der Waals surface area contributed by atoms with Gasteiger partial charge in [-0.1, -0.05) is 16.8 Å². The molecule has 0 saturated heterocycles. The summed E-state index contributed by atoms with van der Waals surface area (Å²) >= 11 is 5.84. The molecule has 0 bridgehead atoms. The van der Waals surface area contributed by atoms with E-state index >= 15 is 0 Å². The van der Waals surface area contributed by atoms with Gasteiger partial charge in [-0.15, -0.1) is 5.10 Å². The zero-order valence-electron chi connectivity index (χ0n) is 14.6. The number of nitrogens with zero attached hydrogens (tertiary/aromatic N) is 5. The number of halogens is 2. The molecule has 1 aliphatic heterocycles. The molecule has 4 rings (SSSR count). The minimum Gasteiger partial charge on any atom is -0.474 e. The molecule has 27 heavy (non-hydrogen) atoms. The van der Waals surface area contributed by atoms with Gasteiger partial charge in [0.05, 0.1) is 22.9 Å². The minimum absolute atomic E-state index is 0.0289. The summed E-state index contributed by atoms with van der Waals surface area (Å²) in [5.41, 5.74) is 2.64. The summed E-state index contributed by atoms with van der Waals surface area (Å²) in [7, 11) is 0. The van der Waals surface area contributed by atoms with Crippen molar-refractivity contribution in [1.82, 2.24) is 20.0 Å². The van der Waals surface area contributed by atoms with E-state index < -0.39 is 5.82 Å². The maximum Gasteiger partial charge on any atom is 0.281 e. The molecule has 3 heterocycles. The van der Waals surface area contributed by atoms with E-state index in [4.69, 9.17) is 16.3 Å². The van der Waals surface area contributed by atoms with Gasteiger partial charge in [0.2, 0.25) is 5.88 Å². The first-order chi connectivity index (χ1) is 13.0. The Morgan fingerprint density at radius 1 is 1.26 bits per heavy atom. The molecule has 0 unspecified atom stereocenters. The molecule has 1 aliphatic rings. The average Bonchev–Trinajstić information content (AvgIpc) is 3.04. The van der Waals surface area contributed by atoms with Gasteiger partial charge in [-0.25, -0.2) is 14.1 Å². The number of pyridine rings is 1. The molecular weight excluding hydrogens is 373 g/mol. The quantitative estimate of drug-likeness (QED) is 0.675. The molecule has 0 aliphatic carbocycles. The Labute approximate surface area is 159 Å². The van der Waals surface area contributed by atoms with Crippen molar-refractivity contribution < 1.29 is 13.9 Å². The van der Waals surface area contributed by atoms with Gasteiger partial charge in [0.25, 0.3) is 5.91 Å². The summed E-state index contributed by atoms with van der Waals surface area (Å²) in [6.45, 7) is 4.30. The lowest BCUT2D eigenvalue weighted by Gasteiger charge is -2.28. The number of aromatic nitrogens is 4. The van der Waals surface area contributed by atoms with Gasteiger partial charge in [0, 0.05) is 5.69 Å². The van der Waals surface area contributed by atoms with E-state index in [-0.39, 0.29) is 16.6 Å². The highest BCUT2D eigenvalue weighted by molar-refractivity contribution is 6.30. The smallest absolute Gasteiger partial charge is 0.281 e. The van der Waals surface area contributed by atoms with Gasteiger partial charge < -0.3 is 4.74 Å². The third-order valence-corrected chi connectivity index (χ3v) is 4.60. The highest BCUT2D eigenvalue weighted by atomic mass is 35.5. The second-order valence-corrected chi connectivity index (χ2v) is 6.52. The number of carbonyl (C=O) groups is 1. The molecule has 0 atom stereocenters. The Hall–Kier alpha value is -3.00. The Kier molecular flexibility index (Phi) is 4.27. The van der Waals surface area contributed by atoms with Gasteiger partial charge in [0.1, 0.15) is 18.1 Å². The SMILES string of the molecule is Cc1ccc2c(n1)OCCN2C(=O)c1nnn(-c2ccc(F)c(Cl)c2)c1C. The van der Waals surface area contributed by atoms with E-state index in [0.717, 1.165) is 5.69 Å². The van der Waals surface area contributed by atoms with E-state index in [2.05, 4.69) is 15.3 Å². The molecular formula is C18H15ClFN5O2. The van der Waals surface area contributed by atoms with Crippen LogP contribution in [0.25, 0.3) is 5.69 Å². The predicted molar refractivity (Wildman–Crippen MR) is 97.2 cm³/mol. The number of anilines is 1. The van der Waals surface area contributed by atoms with Gasteiger partial charge in [-0.2, -0.15) is 0 Å². The molecule has 0 N–H and O–H groups in total. The number of amides is 1. The van der Waals surface area contributed by atoms with Crippen LogP contribution in [0.3, 0.4) is 0 Å². The highest BCUT2D eigenvalue weighted by Gasteiger charge is 2.29. The first-order valence-electron chi connectivity index (χ1n) is 8.26. The van der Waals surface area contributed by atoms with Gasteiger partial charge >= 0.3 is 0 Å². The number of ether oxygens (including phenoxy) is 1. The van der Waals surface area contributed by atoms with E-state index in [1.54, 1.807) is 17.9 Å². The first kappa shape index (κ1) is 17.4. The van der Waals surface area contributed by atoms with Crippen molar-refractivity contribution in [1.29, 1.82) is 0 Å². The molecule has 0 fully saturated rings. The Morgan fingerprint density at radius 3 is 2.85 bits per heavy atom. The summed E-state index contributed by atoms with van der Waals surface area (Å²) in [5, 5.41) is 8.04. The van der Waals surface area contributed by atoms with E-state index in [1.165, 1.54) is 22.9 Å². The van der Waals surface area contributed by atoms with Gasteiger partial charge in [-0.05, 0) is 44.2 Å². The molecule has 0 spiro atoms. The fourth-order valence-corrected chi connectivity index (χ4v) is 3.09. The molecule has 1 aromatic carbocycles. The van der Waals surface area contributed by atoms with Crippen LogP contribution < -0.4 is 9.64 Å². The molecule has 3 aromatic rings. The van der Waals surface area contributed by atoms with Crippen molar-refractivity contribution in [3.05, 3.63) is 58.3 Å². The van der Waals surface area contributed by atoms with Crippen LogP contribution in [0.1, 0.15) is 21.9 Å². The van der Waals surface area contributed by atoms with Crippen LogP contribution in [0.15, 0.2) is 30.3 Å². The molecule has 9 heteroatoms. The number of hydrogen-bond acceptors (Lipinski definition) is 5. The molecule has 138 valence electrons. The zero-order chi connectivity index (χ0) is 19.1. The topological polar surface area (TPSA) is 73.1 Å². The Balaban J connectivity index is 1.70. The molecule has 0 saturated carbocycles. The van der Waals surface area contributed by atoms with Crippen LogP contribution in [-0.2, 0) is 0 Å². The fourth-order valence-electron chi connectivity index (χ4n) is 2.92. The normalized spacial score (nSPS) is 13.3. The van der Waals surface area contributed by atoms with E-state index in [1.807, 2.05) is 13.0 Å². The largest absolute Gasteiger partial charge is 0.474 e. The first-order valence-corrected chi connectivity index (χ1v) is 8.63. The molecule has 7 nitrogen and oxygen atoms in total. The van der Waals surface area contributed by atoms with Crippen molar-refractivity contribution in [3.8, 4) is 11.6 Å². The highest BCUT2D eigenvalue weighted by Crippen LogP contribution is 2.31. The van der Waals surface area contributed by atoms with E-state index in [9.17, 15) is 9.18 Å². The minimum atomic E-state index is -0.526. The summed E-state index contributed by atoms with van der Waals surface area (Å²) in [6, 6.07) is 7.82. The summed E-state index contributed by atoms with van der Waals surface area (Å²) in [6.07, 6.45) is 0. The number of rotatable bonds is 2. The van der Waals surface area contributed by atoms with Crippen LogP contribution in [0.5, 0.6) is 5.88 Å². The van der Waals surface area contributed by atoms with Crippen molar-refractivity contribution >= 4 is 23.2 Å². The van der Waals surface area contributed by atoms with E-state index in [0.29, 0.717) is 36.1 Å². The third-order valence-electron chi connectivity index (χ3n) is 4.31. The predicted octanol–water partition coefficient (Wildman–Crippen LogP) is 3.11. The summed E-state index contributed by atoms with van der Waals surface area (Å²) in [5.74, 6) is -0.408. The van der Waals surface area contributed by atoms with Crippen molar-refractivity contribution in [2.75, 3.05) is 18.1 Å². The second kappa shape index (κ2) is 6.62. The fraction of sp³-hybridized carbons (Fsp3) is 0.222. The van der Waals surface area contributed by atoms with Crippen molar-refractivity contribution in [2.45, 2.75) is 13.8 Å². The lowest BCUT2D eigenvalue weighted by Crippen LogP contribution is -2.38. The standard InChI is InChI=1S/C18H15ClFN5O2/c1-10-3-6-15-17(21-10)27-8-7-24(15)18(26)16-11(2)25(23-22-16)12-4-5-14(20)13(19)9-12/h3-6,9H,7-8H2,1-2H3. The van der Waals surface area contributed by atoms with Crippen molar-refractivity contribution in [2.24, 2.45) is 0 Å². The zero-order valence-corrected chi connectivity index (χ0v) is 15.4. The number of fused-ring (bicyclic) bond motifs is 1. The molecule has 0 radical (unpaired) electrons. The molecule has 1 amide bonds. The number of hydrogen-bond donors (Lipinski definition) is 0. The average molecular weight is 388 g/mol. The Morgan fingerprint density at radius 2 is 2.07 bits per heavy atom. The Bertz CT molecular complexity index is 1050. The summed E-state index contributed by atoms with van der Waals surface area (Å²) < 4.78 is 20.4. The summed E-state index contributed by atoms with van der Waals surface area (Å²) in [4.78, 5) is 19.0. The van der Waals surface area contributed by atoms with Crippen LogP contribution in [0.4, 0.5) is 10.1 Å². The maximum absolute atomic E-state index is 13.4. The van der Waals surface area contributed by atoms with Crippen LogP contribution in [0, 0.1) is 19.7 Å². The van der Waals surface area contributed by atoms with Crippen molar-refractivity contribution in [3.63, 3.8) is 0 Å². The second-order valence-electron chi connectivity index (χ2n) is 6.12. The number of aryl methyl sites for hydroxylation is 1. The lowest BCUT2D eigenvalue weighted by atomic mass is 10.2. The van der Waals surface area contributed by atoms with Crippen LogP contribution >= 0.6 is 11.6 Å². The number of carbonyl (C=O) groups excluding carboxylic acids is 1. The third kappa shape index (κ3) is 3.02. The van der Waals surface area contributed by atoms with Crippen LogP contribution in [-0.4, -0.2) is 39.0 Å². The van der Waals surface area contributed by atoms with Crippen LogP contribution in [0.2, 0.25) is 5.02 Å². The monoisotopic (exact) mass is 387 g/mol.